The Bertz CT molecular complexity index is 543. The zero-order chi connectivity index (χ0) is 12.4. The predicted octanol–water partition coefficient (Wildman–Crippen LogP) is 3.65. The molecule has 0 aliphatic rings. The van der Waals surface area contributed by atoms with Gasteiger partial charge in [0, 0.05) is 9.13 Å². The van der Waals surface area contributed by atoms with Crippen molar-refractivity contribution in [1.29, 1.82) is 0 Å². The Kier molecular flexibility index (Phi) is 3.73. The lowest BCUT2D eigenvalue weighted by Gasteiger charge is -2.14. The second-order valence-electron chi connectivity index (χ2n) is 3.59. The van der Waals surface area contributed by atoms with Gasteiger partial charge in [-0.1, -0.05) is 18.2 Å². The van der Waals surface area contributed by atoms with Gasteiger partial charge in [0.05, 0.1) is 0 Å². The van der Waals surface area contributed by atoms with Gasteiger partial charge in [-0.2, -0.15) is 0 Å². The Hall–Kier alpha value is -1.01. The van der Waals surface area contributed by atoms with E-state index in [1.807, 2.05) is 28.7 Å². The van der Waals surface area contributed by atoms with Crippen molar-refractivity contribution in [1.82, 2.24) is 0 Å². The van der Waals surface area contributed by atoms with Crippen molar-refractivity contribution in [3.8, 4) is 0 Å². The highest BCUT2D eigenvalue weighted by atomic mass is 127. The molecule has 0 fully saturated rings. The lowest BCUT2D eigenvalue weighted by molar-refractivity contribution is 0.213. The fourth-order valence-electron chi connectivity index (χ4n) is 1.59. The van der Waals surface area contributed by atoms with Gasteiger partial charge in [0.2, 0.25) is 0 Å². The minimum absolute atomic E-state index is 0.0471. The van der Waals surface area contributed by atoms with Crippen LogP contribution in [0.2, 0.25) is 0 Å². The molecule has 0 saturated heterocycles. The lowest BCUT2D eigenvalue weighted by Crippen LogP contribution is -2.05. The van der Waals surface area contributed by atoms with E-state index in [0.29, 0.717) is 5.56 Å². The van der Waals surface area contributed by atoms with Gasteiger partial charge in [-0.25, -0.2) is 8.78 Å². The van der Waals surface area contributed by atoms with E-state index in [1.165, 1.54) is 0 Å². The average molecular weight is 346 g/mol. The molecule has 1 nitrogen and oxygen atoms in total. The summed E-state index contributed by atoms with van der Waals surface area (Å²) < 4.78 is 27.4. The molecule has 0 radical (unpaired) electrons. The summed E-state index contributed by atoms with van der Waals surface area (Å²) in [6.45, 7) is 0. The van der Waals surface area contributed by atoms with E-state index in [2.05, 4.69) is 0 Å². The molecule has 2 aromatic rings. The van der Waals surface area contributed by atoms with E-state index in [0.717, 1.165) is 21.8 Å². The third kappa shape index (κ3) is 2.63. The van der Waals surface area contributed by atoms with E-state index in [9.17, 15) is 13.9 Å². The Morgan fingerprint density at radius 3 is 2.41 bits per heavy atom. The van der Waals surface area contributed by atoms with Crippen LogP contribution in [0.5, 0.6) is 0 Å². The van der Waals surface area contributed by atoms with E-state index in [4.69, 9.17) is 0 Å². The summed E-state index contributed by atoms with van der Waals surface area (Å²) in [5.41, 5.74) is 0.520. The van der Waals surface area contributed by atoms with E-state index in [-0.39, 0.29) is 5.56 Å². The summed E-state index contributed by atoms with van der Waals surface area (Å²) >= 11 is 2.05. The van der Waals surface area contributed by atoms with Crippen LogP contribution in [0.4, 0.5) is 8.78 Å². The summed E-state index contributed by atoms with van der Waals surface area (Å²) in [5, 5.41) is 10.1. The van der Waals surface area contributed by atoms with Crippen molar-refractivity contribution < 1.29 is 13.9 Å². The molecule has 0 aromatic heterocycles. The standard InChI is InChI=1S/C13H9F2IO/c14-8-5-6-11(15)10(7-8)13(17)9-3-1-2-4-12(9)16/h1-7,13,17H. The predicted molar refractivity (Wildman–Crippen MR) is 69.6 cm³/mol. The molecular weight excluding hydrogens is 337 g/mol. The third-order valence-electron chi connectivity index (χ3n) is 2.45. The highest BCUT2D eigenvalue weighted by Gasteiger charge is 2.17. The van der Waals surface area contributed by atoms with Gasteiger partial charge in [0.1, 0.15) is 17.7 Å². The van der Waals surface area contributed by atoms with Gasteiger partial charge in [-0.05, 0) is 52.4 Å². The molecule has 0 heterocycles. The van der Waals surface area contributed by atoms with Crippen molar-refractivity contribution in [3.05, 3.63) is 68.8 Å². The smallest absolute Gasteiger partial charge is 0.129 e. The summed E-state index contributed by atoms with van der Waals surface area (Å²) in [4.78, 5) is 0. The molecule has 17 heavy (non-hydrogen) atoms. The van der Waals surface area contributed by atoms with Crippen LogP contribution in [0, 0.1) is 15.2 Å². The quantitative estimate of drug-likeness (QED) is 0.823. The fraction of sp³-hybridized carbons (Fsp3) is 0.0769. The normalized spacial score (nSPS) is 12.5. The monoisotopic (exact) mass is 346 g/mol. The first kappa shape index (κ1) is 12.4. The number of hydrogen-bond acceptors (Lipinski definition) is 1. The first-order valence-electron chi connectivity index (χ1n) is 4.97. The van der Waals surface area contributed by atoms with Crippen molar-refractivity contribution in [2.24, 2.45) is 0 Å². The Morgan fingerprint density at radius 1 is 1.00 bits per heavy atom. The van der Waals surface area contributed by atoms with Crippen LogP contribution in [-0.4, -0.2) is 5.11 Å². The number of rotatable bonds is 2. The van der Waals surface area contributed by atoms with Crippen molar-refractivity contribution in [2.45, 2.75) is 6.10 Å². The molecule has 2 rings (SSSR count). The van der Waals surface area contributed by atoms with Crippen LogP contribution < -0.4 is 0 Å². The SMILES string of the molecule is OC(c1cc(F)ccc1F)c1ccccc1I. The Labute approximate surface area is 111 Å². The van der Waals surface area contributed by atoms with E-state index >= 15 is 0 Å². The maximum absolute atomic E-state index is 13.5. The van der Waals surface area contributed by atoms with Gasteiger partial charge in [0.15, 0.2) is 0 Å². The zero-order valence-electron chi connectivity index (χ0n) is 8.70. The lowest BCUT2D eigenvalue weighted by atomic mass is 10.0. The molecule has 0 aliphatic heterocycles. The van der Waals surface area contributed by atoms with Crippen molar-refractivity contribution in [3.63, 3.8) is 0 Å². The van der Waals surface area contributed by atoms with Gasteiger partial charge in [-0.3, -0.25) is 0 Å². The topological polar surface area (TPSA) is 20.2 Å². The van der Waals surface area contributed by atoms with Crippen LogP contribution in [0.25, 0.3) is 0 Å². The molecule has 1 N–H and O–H groups in total. The molecule has 0 saturated carbocycles. The van der Waals surface area contributed by atoms with E-state index < -0.39 is 17.7 Å². The first-order chi connectivity index (χ1) is 8.09. The van der Waals surface area contributed by atoms with Crippen molar-refractivity contribution >= 4 is 22.6 Å². The maximum Gasteiger partial charge on any atom is 0.129 e. The van der Waals surface area contributed by atoms with Crippen LogP contribution in [0.1, 0.15) is 17.2 Å². The van der Waals surface area contributed by atoms with Crippen LogP contribution in [0.3, 0.4) is 0 Å². The Balaban J connectivity index is 2.47. The minimum atomic E-state index is -1.15. The molecule has 0 spiro atoms. The zero-order valence-corrected chi connectivity index (χ0v) is 10.9. The van der Waals surface area contributed by atoms with Crippen LogP contribution in [0.15, 0.2) is 42.5 Å². The summed E-state index contributed by atoms with van der Waals surface area (Å²) in [6, 6.07) is 10.1. The average Bonchev–Trinajstić information content (AvgIpc) is 2.32. The van der Waals surface area contributed by atoms with Crippen molar-refractivity contribution in [2.75, 3.05) is 0 Å². The van der Waals surface area contributed by atoms with Crippen LogP contribution >= 0.6 is 22.6 Å². The number of halogens is 3. The van der Waals surface area contributed by atoms with Gasteiger partial charge >= 0.3 is 0 Å². The molecule has 1 atom stereocenters. The molecule has 0 amide bonds. The molecule has 0 bridgehead atoms. The largest absolute Gasteiger partial charge is 0.384 e. The summed E-state index contributed by atoms with van der Waals surface area (Å²) in [6.07, 6.45) is -1.15. The summed E-state index contributed by atoms with van der Waals surface area (Å²) in [5.74, 6) is -1.18. The van der Waals surface area contributed by atoms with Crippen LogP contribution in [-0.2, 0) is 0 Å². The third-order valence-corrected chi connectivity index (χ3v) is 3.43. The molecule has 88 valence electrons. The molecule has 4 heteroatoms. The minimum Gasteiger partial charge on any atom is -0.384 e. The van der Waals surface area contributed by atoms with Gasteiger partial charge < -0.3 is 5.11 Å². The number of benzene rings is 2. The molecule has 2 aromatic carbocycles. The van der Waals surface area contributed by atoms with E-state index in [1.54, 1.807) is 18.2 Å². The second kappa shape index (κ2) is 5.10. The first-order valence-corrected chi connectivity index (χ1v) is 6.05. The molecule has 0 aliphatic carbocycles. The fourth-order valence-corrected chi connectivity index (χ4v) is 2.27. The molecular formula is C13H9F2IO. The maximum atomic E-state index is 13.5. The summed E-state index contributed by atoms with van der Waals surface area (Å²) in [7, 11) is 0. The number of hydrogen-bond donors (Lipinski definition) is 1. The highest BCUT2D eigenvalue weighted by molar-refractivity contribution is 14.1. The number of aliphatic hydroxyl groups is 1. The van der Waals surface area contributed by atoms with Gasteiger partial charge in [0.25, 0.3) is 0 Å². The second-order valence-corrected chi connectivity index (χ2v) is 4.75. The highest BCUT2D eigenvalue weighted by Crippen LogP contribution is 2.28. The van der Waals surface area contributed by atoms with Gasteiger partial charge in [-0.15, -0.1) is 0 Å². The Morgan fingerprint density at radius 2 is 1.71 bits per heavy atom. The number of aliphatic hydroxyl groups excluding tert-OH is 1. The molecule has 1 unspecified atom stereocenters.